The molecule has 0 amide bonds. The standard InChI is InChI=1S/C31H52N8O/c1-28(2)19-21(33-24-23(32)20-13-11-9-10-12-14-38(29(20,3)4)31(24,7)8)22-25-34-26(37-15-17-40-18-16-37)36-27(35-25)39(28)30(22,5)6/h20-23H,9-19,32H2,1-8H3. The number of hydrogen-bond donors (Lipinski definition) is 1. The van der Waals surface area contributed by atoms with Crippen molar-refractivity contribution < 1.29 is 4.74 Å². The molecule has 0 radical (unpaired) electrons. The smallest absolute Gasteiger partial charge is 0.231 e. The summed E-state index contributed by atoms with van der Waals surface area (Å²) in [7, 11) is 0. The van der Waals surface area contributed by atoms with Crippen molar-refractivity contribution in [1.29, 1.82) is 0 Å². The number of aromatic nitrogens is 3. The van der Waals surface area contributed by atoms with Crippen LogP contribution in [0.4, 0.5) is 11.9 Å². The third-order valence-electron chi connectivity index (χ3n) is 11.0. The Kier molecular flexibility index (Phi) is 6.79. The first-order valence-corrected chi connectivity index (χ1v) is 15.8. The van der Waals surface area contributed by atoms with Crippen LogP contribution in [-0.2, 0) is 4.74 Å². The first-order valence-electron chi connectivity index (χ1n) is 15.8. The minimum absolute atomic E-state index is 0.0369. The van der Waals surface area contributed by atoms with Crippen LogP contribution < -0.4 is 15.5 Å². The zero-order chi connectivity index (χ0) is 28.7. The molecule has 0 aromatic carbocycles. The Morgan fingerprint density at radius 2 is 1.50 bits per heavy atom. The van der Waals surface area contributed by atoms with Crippen LogP contribution in [-0.4, -0.2) is 92.7 Å². The highest BCUT2D eigenvalue weighted by atomic mass is 16.5. The third kappa shape index (κ3) is 4.28. The number of nitrogens with zero attached hydrogens (tertiary/aromatic N) is 7. The SMILES string of the molecule is CC1(C)CC(N=C2C(N)C3CCCCCCN(C2(C)C)C3(C)C)C2c3nc(N4CCOCC4)nc(n3)N1C2(C)C. The number of piperidine rings is 2. The Balaban J connectivity index is 1.46. The maximum atomic E-state index is 7.29. The molecule has 9 nitrogen and oxygen atoms in total. The van der Waals surface area contributed by atoms with Gasteiger partial charge in [-0.1, -0.05) is 19.3 Å². The van der Waals surface area contributed by atoms with Crippen LogP contribution in [0.25, 0.3) is 0 Å². The van der Waals surface area contributed by atoms with Gasteiger partial charge in [0.2, 0.25) is 11.9 Å². The molecule has 0 saturated carbocycles. The van der Waals surface area contributed by atoms with Gasteiger partial charge in [-0.15, -0.1) is 0 Å². The normalized spacial score (nSPS) is 36.9. The molecule has 5 unspecified atom stereocenters. The topological polar surface area (TPSA) is 96.0 Å². The lowest BCUT2D eigenvalue weighted by molar-refractivity contribution is -0.0160. The number of ether oxygens (including phenoxy) is 1. The molecular formula is C31H52N8O. The van der Waals surface area contributed by atoms with E-state index in [9.17, 15) is 0 Å². The molecule has 9 heteroatoms. The van der Waals surface area contributed by atoms with E-state index in [1.54, 1.807) is 0 Å². The van der Waals surface area contributed by atoms with Crippen molar-refractivity contribution in [2.45, 2.75) is 134 Å². The van der Waals surface area contributed by atoms with Crippen LogP contribution in [0.3, 0.4) is 0 Å². The summed E-state index contributed by atoms with van der Waals surface area (Å²) in [5, 5.41) is 0. The number of fused-ring (bicyclic) bond motifs is 8. The Bertz CT molecular complexity index is 1150. The summed E-state index contributed by atoms with van der Waals surface area (Å²) in [4.78, 5) is 28.4. The Labute approximate surface area is 241 Å². The number of rotatable bonds is 2. The van der Waals surface area contributed by atoms with E-state index in [1.165, 1.54) is 37.8 Å². The molecule has 5 atom stereocenters. The quantitative estimate of drug-likeness (QED) is 0.584. The maximum absolute atomic E-state index is 7.29. The minimum atomic E-state index is -0.226. The average molecular weight is 553 g/mol. The van der Waals surface area contributed by atoms with Gasteiger partial charge in [0.05, 0.1) is 36.3 Å². The zero-order valence-corrected chi connectivity index (χ0v) is 26.2. The lowest BCUT2D eigenvalue weighted by atomic mass is 9.65. The molecule has 1 aromatic rings. The van der Waals surface area contributed by atoms with Gasteiger partial charge in [0, 0.05) is 35.9 Å². The van der Waals surface area contributed by atoms with Gasteiger partial charge in [-0.05, 0) is 87.1 Å². The van der Waals surface area contributed by atoms with Crippen LogP contribution in [0, 0.1) is 5.92 Å². The predicted molar refractivity (Wildman–Crippen MR) is 161 cm³/mol. The van der Waals surface area contributed by atoms with Gasteiger partial charge in [-0.25, -0.2) is 0 Å². The second kappa shape index (κ2) is 9.60. The monoisotopic (exact) mass is 552 g/mol. The van der Waals surface area contributed by atoms with Gasteiger partial charge in [-0.2, -0.15) is 15.0 Å². The second-order valence-electron chi connectivity index (χ2n) is 15.2. The van der Waals surface area contributed by atoms with E-state index in [2.05, 4.69) is 70.1 Å². The summed E-state index contributed by atoms with van der Waals surface area (Å²) in [6.07, 6.45) is 7.17. The molecule has 2 N–H and O–H groups in total. The van der Waals surface area contributed by atoms with Crippen molar-refractivity contribution in [1.82, 2.24) is 19.9 Å². The van der Waals surface area contributed by atoms with Gasteiger partial charge < -0.3 is 20.3 Å². The summed E-state index contributed by atoms with van der Waals surface area (Å²) in [6.45, 7) is 23.0. The summed E-state index contributed by atoms with van der Waals surface area (Å²) in [5.41, 5.74) is 7.90. The molecule has 5 aliphatic rings. The van der Waals surface area contributed by atoms with Crippen LogP contribution in [0.2, 0.25) is 0 Å². The fraction of sp³-hybridized carbons (Fsp3) is 0.871. The van der Waals surface area contributed by atoms with E-state index in [4.69, 9.17) is 30.4 Å². The highest BCUT2D eigenvalue weighted by molar-refractivity contribution is 5.98. The van der Waals surface area contributed by atoms with Gasteiger partial charge >= 0.3 is 0 Å². The van der Waals surface area contributed by atoms with Gasteiger partial charge in [0.25, 0.3) is 0 Å². The second-order valence-corrected chi connectivity index (χ2v) is 15.2. The number of aliphatic imine (C=N–C) groups is 1. The van der Waals surface area contributed by atoms with Gasteiger partial charge in [0.1, 0.15) is 5.82 Å². The molecule has 0 aliphatic carbocycles. The largest absolute Gasteiger partial charge is 0.378 e. The summed E-state index contributed by atoms with van der Waals surface area (Å²) in [5.74, 6) is 2.90. The molecule has 6 bridgehead atoms. The number of nitrogens with two attached hydrogens (primary N) is 1. The highest BCUT2D eigenvalue weighted by Gasteiger charge is 2.59. The zero-order valence-electron chi connectivity index (χ0n) is 26.2. The molecular weight excluding hydrogens is 500 g/mol. The lowest BCUT2D eigenvalue weighted by Gasteiger charge is -2.61. The molecule has 40 heavy (non-hydrogen) atoms. The van der Waals surface area contributed by atoms with Crippen molar-refractivity contribution in [3.8, 4) is 0 Å². The number of anilines is 2. The van der Waals surface area contributed by atoms with Crippen molar-refractivity contribution in [2.24, 2.45) is 16.6 Å². The van der Waals surface area contributed by atoms with Gasteiger partial charge in [-0.3, -0.25) is 9.89 Å². The number of hydrogen-bond acceptors (Lipinski definition) is 9. The van der Waals surface area contributed by atoms with Crippen LogP contribution in [0.5, 0.6) is 0 Å². The molecule has 222 valence electrons. The van der Waals surface area contributed by atoms with E-state index in [0.29, 0.717) is 19.1 Å². The number of morpholine rings is 1. The van der Waals surface area contributed by atoms with Crippen molar-refractivity contribution in [2.75, 3.05) is 42.6 Å². The van der Waals surface area contributed by atoms with Crippen LogP contribution >= 0.6 is 0 Å². The summed E-state index contributed by atoms with van der Waals surface area (Å²) < 4.78 is 5.61. The molecule has 6 rings (SSSR count). The van der Waals surface area contributed by atoms with Gasteiger partial charge in [0.15, 0.2) is 0 Å². The third-order valence-corrected chi connectivity index (χ3v) is 11.0. The van der Waals surface area contributed by atoms with E-state index < -0.39 is 0 Å². The van der Waals surface area contributed by atoms with Crippen LogP contribution in [0.1, 0.15) is 106 Å². The molecule has 0 spiro atoms. The molecule has 4 fully saturated rings. The fourth-order valence-corrected chi connectivity index (χ4v) is 9.37. The van der Waals surface area contributed by atoms with E-state index in [-0.39, 0.29) is 40.2 Å². The van der Waals surface area contributed by atoms with E-state index in [1.807, 2.05) is 0 Å². The van der Waals surface area contributed by atoms with Crippen LogP contribution in [0.15, 0.2) is 4.99 Å². The fourth-order valence-electron chi connectivity index (χ4n) is 9.37. The summed E-state index contributed by atoms with van der Waals surface area (Å²) >= 11 is 0. The average Bonchev–Trinajstić information content (AvgIpc) is 2.92. The Hall–Kier alpha value is -1.84. The Morgan fingerprint density at radius 1 is 0.825 bits per heavy atom. The van der Waals surface area contributed by atoms with Crippen molar-refractivity contribution >= 4 is 17.6 Å². The Morgan fingerprint density at radius 3 is 2.23 bits per heavy atom. The molecule has 4 saturated heterocycles. The van der Waals surface area contributed by atoms with E-state index in [0.717, 1.165) is 43.8 Å². The van der Waals surface area contributed by atoms with Crippen molar-refractivity contribution in [3.05, 3.63) is 5.82 Å². The first kappa shape index (κ1) is 28.3. The maximum Gasteiger partial charge on any atom is 0.231 e. The lowest BCUT2D eigenvalue weighted by Crippen LogP contribution is -2.73. The minimum Gasteiger partial charge on any atom is -0.378 e. The highest BCUT2D eigenvalue weighted by Crippen LogP contribution is 2.53. The first-order chi connectivity index (χ1) is 18.8. The molecule has 1 aromatic heterocycles. The molecule has 6 heterocycles. The summed E-state index contributed by atoms with van der Waals surface area (Å²) in [6, 6.07) is -0.00599. The molecule has 5 aliphatic heterocycles. The predicted octanol–water partition coefficient (Wildman–Crippen LogP) is 4.16. The van der Waals surface area contributed by atoms with Crippen molar-refractivity contribution in [3.63, 3.8) is 0 Å². The van der Waals surface area contributed by atoms with E-state index >= 15 is 0 Å².